The lowest BCUT2D eigenvalue weighted by atomic mass is 10.0. The van der Waals surface area contributed by atoms with Crippen LogP contribution in [0.25, 0.3) is 0 Å². The van der Waals surface area contributed by atoms with Crippen LogP contribution in [0.4, 0.5) is 0 Å². The summed E-state index contributed by atoms with van der Waals surface area (Å²) >= 11 is 13.5. The minimum atomic E-state index is -0.116. The second-order valence-electron chi connectivity index (χ2n) is 4.41. The zero-order chi connectivity index (χ0) is 14.5. The number of halogens is 3. The van der Waals surface area contributed by atoms with E-state index in [0.717, 1.165) is 26.7 Å². The summed E-state index contributed by atoms with van der Waals surface area (Å²) < 4.78 is 7.74. The second-order valence-corrected chi connectivity index (χ2v) is 6.77. The molecule has 0 amide bonds. The van der Waals surface area contributed by atoms with Gasteiger partial charge in [0.05, 0.1) is 12.0 Å². The molecule has 0 spiro atoms. The van der Waals surface area contributed by atoms with Crippen molar-refractivity contribution in [3.05, 3.63) is 62.5 Å². The molecule has 0 radical (unpaired) electrons. The molecular formula is C16H15Br2ClO. The number of ether oxygens (including phenoxy) is 1. The van der Waals surface area contributed by atoms with Gasteiger partial charge < -0.3 is 4.74 Å². The molecule has 4 heteroatoms. The minimum absolute atomic E-state index is 0.116. The molecule has 2 aromatic carbocycles. The number of hydrogen-bond donors (Lipinski definition) is 0. The first-order valence-electron chi connectivity index (χ1n) is 6.41. The van der Waals surface area contributed by atoms with E-state index < -0.39 is 0 Å². The molecule has 1 unspecified atom stereocenters. The topological polar surface area (TPSA) is 9.23 Å². The van der Waals surface area contributed by atoms with Crippen molar-refractivity contribution >= 4 is 43.5 Å². The molecule has 0 aromatic heterocycles. The third-order valence-electron chi connectivity index (χ3n) is 2.94. The normalized spacial score (nSPS) is 12.2. The van der Waals surface area contributed by atoms with Crippen LogP contribution in [0, 0.1) is 0 Å². The summed E-state index contributed by atoms with van der Waals surface area (Å²) in [6, 6.07) is 14.2. The highest BCUT2D eigenvalue weighted by atomic mass is 79.9. The molecule has 2 aromatic rings. The van der Waals surface area contributed by atoms with E-state index in [1.54, 1.807) is 0 Å². The van der Waals surface area contributed by atoms with Crippen molar-refractivity contribution in [1.29, 1.82) is 0 Å². The first-order valence-corrected chi connectivity index (χ1v) is 8.43. The summed E-state index contributed by atoms with van der Waals surface area (Å²) in [6.45, 7) is 2.61. The van der Waals surface area contributed by atoms with Crippen LogP contribution in [-0.2, 0) is 6.42 Å². The van der Waals surface area contributed by atoms with Crippen LogP contribution in [0.15, 0.2) is 51.4 Å². The van der Waals surface area contributed by atoms with E-state index in [1.165, 1.54) is 5.56 Å². The van der Waals surface area contributed by atoms with Crippen molar-refractivity contribution < 1.29 is 4.74 Å². The standard InChI is InChI=1S/C16H15Br2ClO/c1-2-20-16-8-7-13(18)10-14(16)15(19)9-11-3-5-12(17)6-4-11/h3-8,10,15H,2,9H2,1H3. The van der Waals surface area contributed by atoms with Crippen LogP contribution in [0.5, 0.6) is 5.75 Å². The predicted octanol–water partition coefficient (Wildman–Crippen LogP) is 6.13. The van der Waals surface area contributed by atoms with Gasteiger partial charge in [0.1, 0.15) is 5.75 Å². The van der Waals surface area contributed by atoms with Crippen molar-refractivity contribution in [2.75, 3.05) is 6.61 Å². The van der Waals surface area contributed by atoms with Gasteiger partial charge in [-0.05, 0) is 49.2 Å². The van der Waals surface area contributed by atoms with Crippen molar-refractivity contribution in [3.8, 4) is 5.75 Å². The highest BCUT2D eigenvalue weighted by molar-refractivity contribution is 9.10. The molecule has 1 nitrogen and oxygen atoms in total. The number of benzene rings is 2. The van der Waals surface area contributed by atoms with Gasteiger partial charge in [0, 0.05) is 14.5 Å². The van der Waals surface area contributed by atoms with Gasteiger partial charge in [0.25, 0.3) is 0 Å². The maximum atomic E-state index is 6.58. The Morgan fingerprint density at radius 3 is 2.35 bits per heavy atom. The highest BCUT2D eigenvalue weighted by Crippen LogP contribution is 2.34. The molecule has 0 N–H and O–H groups in total. The second kappa shape index (κ2) is 7.48. The van der Waals surface area contributed by atoms with Gasteiger partial charge in [-0.1, -0.05) is 44.0 Å². The van der Waals surface area contributed by atoms with Gasteiger partial charge >= 0.3 is 0 Å². The lowest BCUT2D eigenvalue weighted by Gasteiger charge is -2.15. The monoisotopic (exact) mass is 416 g/mol. The average molecular weight is 419 g/mol. The van der Waals surface area contributed by atoms with Gasteiger partial charge in [-0.15, -0.1) is 11.6 Å². The Balaban J connectivity index is 2.21. The maximum absolute atomic E-state index is 6.58. The maximum Gasteiger partial charge on any atom is 0.124 e. The van der Waals surface area contributed by atoms with Crippen LogP contribution in [-0.4, -0.2) is 6.61 Å². The van der Waals surface area contributed by atoms with Crippen LogP contribution < -0.4 is 4.74 Å². The molecule has 2 rings (SSSR count). The van der Waals surface area contributed by atoms with Crippen LogP contribution in [0.1, 0.15) is 23.4 Å². The highest BCUT2D eigenvalue weighted by Gasteiger charge is 2.15. The molecule has 0 heterocycles. The zero-order valence-electron chi connectivity index (χ0n) is 11.1. The fourth-order valence-electron chi connectivity index (χ4n) is 1.99. The Hall–Kier alpha value is -0.510. The molecule has 0 aliphatic carbocycles. The Kier molecular flexibility index (Phi) is 5.94. The van der Waals surface area contributed by atoms with Crippen molar-refractivity contribution in [3.63, 3.8) is 0 Å². The Bertz CT molecular complexity index is 569. The summed E-state index contributed by atoms with van der Waals surface area (Å²) in [5, 5.41) is -0.116. The lowest BCUT2D eigenvalue weighted by Crippen LogP contribution is -2.01. The van der Waals surface area contributed by atoms with E-state index in [9.17, 15) is 0 Å². The van der Waals surface area contributed by atoms with E-state index in [1.807, 2.05) is 37.3 Å². The van der Waals surface area contributed by atoms with E-state index in [4.69, 9.17) is 16.3 Å². The average Bonchev–Trinajstić information content (AvgIpc) is 2.43. The molecule has 1 atom stereocenters. The third kappa shape index (κ3) is 4.24. The molecule has 0 aliphatic rings. The number of rotatable bonds is 5. The van der Waals surface area contributed by atoms with E-state index >= 15 is 0 Å². The fraction of sp³-hybridized carbons (Fsp3) is 0.250. The lowest BCUT2D eigenvalue weighted by molar-refractivity contribution is 0.336. The first kappa shape index (κ1) is 15.9. The quantitative estimate of drug-likeness (QED) is 0.531. The SMILES string of the molecule is CCOc1ccc(Br)cc1C(Cl)Cc1ccc(Br)cc1. The van der Waals surface area contributed by atoms with E-state index in [0.29, 0.717) is 6.61 Å². The fourth-order valence-corrected chi connectivity index (χ4v) is 2.98. The van der Waals surface area contributed by atoms with E-state index in [2.05, 4.69) is 44.0 Å². The summed E-state index contributed by atoms with van der Waals surface area (Å²) in [4.78, 5) is 0. The summed E-state index contributed by atoms with van der Waals surface area (Å²) in [5.74, 6) is 0.854. The van der Waals surface area contributed by atoms with Crippen molar-refractivity contribution in [2.45, 2.75) is 18.7 Å². The van der Waals surface area contributed by atoms with Crippen LogP contribution in [0.3, 0.4) is 0 Å². The molecule has 0 bridgehead atoms. The zero-order valence-corrected chi connectivity index (χ0v) is 15.0. The first-order chi connectivity index (χ1) is 9.60. The molecule has 0 saturated carbocycles. The Morgan fingerprint density at radius 2 is 1.70 bits per heavy atom. The van der Waals surface area contributed by atoms with Gasteiger partial charge in [-0.2, -0.15) is 0 Å². The van der Waals surface area contributed by atoms with E-state index in [-0.39, 0.29) is 5.38 Å². The predicted molar refractivity (Wildman–Crippen MR) is 91.8 cm³/mol. The Labute approximate surface area is 141 Å². The van der Waals surface area contributed by atoms with Gasteiger partial charge in [-0.25, -0.2) is 0 Å². The molecule has 20 heavy (non-hydrogen) atoms. The molecule has 0 fully saturated rings. The number of hydrogen-bond acceptors (Lipinski definition) is 1. The third-order valence-corrected chi connectivity index (χ3v) is 4.35. The van der Waals surface area contributed by atoms with Gasteiger partial charge in [-0.3, -0.25) is 0 Å². The Morgan fingerprint density at radius 1 is 1.05 bits per heavy atom. The minimum Gasteiger partial charge on any atom is -0.494 e. The molecule has 106 valence electrons. The summed E-state index contributed by atoms with van der Waals surface area (Å²) in [5.41, 5.74) is 2.22. The van der Waals surface area contributed by atoms with Crippen molar-refractivity contribution in [2.24, 2.45) is 0 Å². The van der Waals surface area contributed by atoms with Crippen molar-refractivity contribution in [1.82, 2.24) is 0 Å². The molecular weight excluding hydrogens is 403 g/mol. The number of alkyl halides is 1. The summed E-state index contributed by atoms with van der Waals surface area (Å²) in [6.07, 6.45) is 0.769. The molecule has 0 saturated heterocycles. The van der Waals surface area contributed by atoms with Crippen LogP contribution in [0.2, 0.25) is 0 Å². The molecule has 0 aliphatic heterocycles. The summed E-state index contributed by atoms with van der Waals surface area (Å²) in [7, 11) is 0. The largest absolute Gasteiger partial charge is 0.494 e. The van der Waals surface area contributed by atoms with Gasteiger partial charge in [0.2, 0.25) is 0 Å². The van der Waals surface area contributed by atoms with Crippen LogP contribution >= 0.6 is 43.5 Å². The van der Waals surface area contributed by atoms with Gasteiger partial charge in [0.15, 0.2) is 0 Å². The smallest absolute Gasteiger partial charge is 0.124 e.